The van der Waals surface area contributed by atoms with E-state index >= 15 is 0 Å². The Balaban J connectivity index is 2.56. The van der Waals surface area contributed by atoms with E-state index in [1.807, 2.05) is 26.2 Å². The molecule has 106 valence electrons. The third-order valence-corrected chi connectivity index (χ3v) is 3.17. The third kappa shape index (κ3) is 4.91. The topological polar surface area (TPSA) is 41.6 Å². The van der Waals surface area contributed by atoms with Gasteiger partial charge in [-0.1, -0.05) is 17.7 Å². The number of methoxy groups -OCH3 is 1. The summed E-state index contributed by atoms with van der Waals surface area (Å²) in [4.78, 5) is 13.6. The monoisotopic (exact) mass is 264 g/mol. The van der Waals surface area contributed by atoms with Crippen LogP contribution in [0.4, 0.5) is 0 Å². The molecule has 0 saturated heterocycles. The molecular formula is C15H24N2O2. The van der Waals surface area contributed by atoms with Crippen LogP contribution >= 0.6 is 0 Å². The van der Waals surface area contributed by atoms with Crippen LogP contribution in [0.2, 0.25) is 0 Å². The number of amides is 1. The molecule has 0 bridgehead atoms. The van der Waals surface area contributed by atoms with Crippen molar-refractivity contribution in [1.82, 2.24) is 10.2 Å². The number of carbonyl (C=O) groups is 1. The van der Waals surface area contributed by atoms with E-state index in [-0.39, 0.29) is 5.91 Å². The van der Waals surface area contributed by atoms with Gasteiger partial charge in [0.1, 0.15) is 5.75 Å². The third-order valence-electron chi connectivity index (χ3n) is 3.17. The Labute approximate surface area is 115 Å². The SMILES string of the molecule is CNCCC(=O)N(C)CCc1cc(C)ccc1OC. The Morgan fingerprint density at radius 2 is 2.16 bits per heavy atom. The highest BCUT2D eigenvalue weighted by molar-refractivity contribution is 5.76. The van der Waals surface area contributed by atoms with Crippen LogP contribution in [-0.2, 0) is 11.2 Å². The number of hydrogen-bond acceptors (Lipinski definition) is 3. The molecule has 0 unspecified atom stereocenters. The van der Waals surface area contributed by atoms with Crippen molar-refractivity contribution in [2.24, 2.45) is 0 Å². The first kappa shape index (κ1) is 15.5. The summed E-state index contributed by atoms with van der Waals surface area (Å²) in [5, 5.41) is 2.99. The average molecular weight is 264 g/mol. The smallest absolute Gasteiger partial charge is 0.223 e. The van der Waals surface area contributed by atoms with Crippen LogP contribution in [0.5, 0.6) is 5.75 Å². The van der Waals surface area contributed by atoms with Gasteiger partial charge in [-0.25, -0.2) is 0 Å². The first-order valence-electron chi connectivity index (χ1n) is 6.60. The summed E-state index contributed by atoms with van der Waals surface area (Å²) >= 11 is 0. The number of aryl methyl sites for hydroxylation is 1. The predicted octanol–water partition coefficient (Wildman–Crippen LogP) is 1.61. The molecule has 0 aliphatic rings. The van der Waals surface area contributed by atoms with Gasteiger partial charge in [0.15, 0.2) is 0 Å². The lowest BCUT2D eigenvalue weighted by Crippen LogP contribution is -2.30. The fourth-order valence-electron chi connectivity index (χ4n) is 1.94. The summed E-state index contributed by atoms with van der Waals surface area (Å²) in [6.45, 7) is 3.49. The van der Waals surface area contributed by atoms with Crippen LogP contribution < -0.4 is 10.1 Å². The number of hydrogen-bond donors (Lipinski definition) is 1. The molecule has 1 N–H and O–H groups in total. The van der Waals surface area contributed by atoms with Crippen molar-refractivity contribution in [3.63, 3.8) is 0 Å². The van der Waals surface area contributed by atoms with Gasteiger partial charge in [-0.05, 0) is 32.0 Å². The van der Waals surface area contributed by atoms with Crippen molar-refractivity contribution in [2.75, 3.05) is 34.3 Å². The highest BCUT2D eigenvalue weighted by Crippen LogP contribution is 2.20. The average Bonchev–Trinajstić information content (AvgIpc) is 2.42. The number of likely N-dealkylation sites (N-methyl/N-ethyl adjacent to an activating group) is 1. The fourth-order valence-corrected chi connectivity index (χ4v) is 1.94. The van der Waals surface area contributed by atoms with E-state index in [0.29, 0.717) is 13.0 Å². The maximum atomic E-state index is 11.8. The zero-order chi connectivity index (χ0) is 14.3. The highest BCUT2D eigenvalue weighted by Gasteiger charge is 2.09. The Hall–Kier alpha value is -1.55. The summed E-state index contributed by atoms with van der Waals surface area (Å²) < 4.78 is 5.34. The van der Waals surface area contributed by atoms with E-state index in [2.05, 4.69) is 18.3 Å². The van der Waals surface area contributed by atoms with E-state index in [9.17, 15) is 4.79 Å². The quantitative estimate of drug-likeness (QED) is 0.813. The molecule has 0 aliphatic heterocycles. The zero-order valence-electron chi connectivity index (χ0n) is 12.3. The first-order chi connectivity index (χ1) is 9.08. The van der Waals surface area contributed by atoms with E-state index in [1.54, 1.807) is 12.0 Å². The largest absolute Gasteiger partial charge is 0.496 e. The summed E-state index contributed by atoms with van der Waals surface area (Å²) in [5.74, 6) is 1.06. The maximum absolute atomic E-state index is 11.8. The Kier molecular flexibility index (Phi) is 6.36. The predicted molar refractivity (Wildman–Crippen MR) is 77.6 cm³/mol. The molecule has 0 heterocycles. The number of carbonyl (C=O) groups excluding carboxylic acids is 1. The van der Waals surface area contributed by atoms with E-state index in [4.69, 9.17) is 4.74 Å². The van der Waals surface area contributed by atoms with Gasteiger partial charge in [0.05, 0.1) is 7.11 Å². The van der Waals surface area contributed by atoms with Crippen molar-refractivity contribution < 1.29 is 9.53 Å². The molecule has 4 nitrogen and oxygen atoms in total. The molecule has 1 aromatic carbocycles. The normalized spacial score (nSPS) is 10.3. The summed E-state index contributed by atoms with van der Waals surface area (Å²) in [6.07, 6.45) is 1.35. The standard InChI is InChI=1S/C15H24N2O2/c1-12-5-6-14(19-4)13(11-12)8-10-17(3)15(18)7-9-16-2/h5-6,11,16H,7-10H2,1-4H3. The Morgan fingerprint density at radius 3 is 2.79 bits per heavy atom. The van der Waals surface area contributed by atoms with Gasteiger partial charge in [-0.15, -0.1) is 0 Å². The molecular weight excluding hydrogens is 240 g/mol. The van der Waals surface area contributed by atoms with Gasteiger partial charge in [0, 0.05) is 26.6 Å². The molecule has 0 saturated carbocycles. The minimum atomic E-state index is 0.168. The fraction of sp³-hybridized carbons (Fsp3) is 0.533. The van der Waals surface area contributed by atoms with Gasteiger partial charge in [-0.3, -0.25) is 4.79 Å². The van der Waals surface area contributed by atoms with Gasteiger partial charge < -0.3 is 15.0 Å². The minimum Gasteiger partial charge on any atom is -0.496 e. The highest BCUT2D eigenvalue weighted by atomic mass is 16.5. The van der Waals surface area contributed by atoms with Crippen molar-refractivity contribution in [1.29, 1.82) is 0 Å². The lowest BCUT2D eigenvalue weighted by atomic mass is 10.1. The van der Waals surface area contributed by atoms with Crippen LogP contribution in [0, 0.1) is 6.92 Å². The molecule has 0 atom stereocenters. The number of rotatable bonds is 7. The Morgan fingerprint density at radius 1 is 1.42 bits per heavy atom. The summed E-state index contributed by atoms with van der Waals surface area (Å²) in [6, 6.07) is 6.13. The second-order valence-corrected chi connectivity index (χ2v) is 4.73. The summed E-state index contributed by atoms with van der Waals surface area (Å²) in [5.41, 5.74) is 2.36. The van der Waals surface area contributed by atoms with Crippen LogP contribution in [0.15, 0.2) is 18.2 Å². The number of benzene rings is 1. The number of ether oxygens (including phenoxy) is 1. The molecule has 0 aromatic heterocycles. The van der Waals surface area contributed by atoms with Crippen molar-refractivity contribution in [3.05, 3.63) is 29.3 Å². The Bertz CT molecular complexity index is 419. The molecule has 0 spiro atoms. The van der Waals surface area contributed by atoms with Crippen molar-refractivity contribution >= 4 is 5.91 Å². The van der Waals surface area contributed by atoms with E-state index in [0.717, 1.165) is 24.3 Å². The molecule has 4 heteroatoms. The van der Waals surface area contributed by atoms with Crippen LogP contribution in [0.1, 0.15) is 17.5 Å². The van der Waals surface area contributed by atoms with E-state index < -0.39 is 0 Å². The first-order valence-corrected chi connectivity index (χ1v) is 6.60. The van der Waals surface area contributed by atoms with Crippen molar-refractivity contribution in [2.45, 2.75) is 19.8 Å². The molecule has 19 heavy (non-hydrogen) atoms. The van der Waals surface area contributed by atoms with Crippen molar-refractivity contribution in [3.8, 4) is 5.75 Å². The number of nitrogens with zero attached hydrogens (tertiary/aromatic N) is 1. The molecule has 0 aliphatic carbocycles. The summed E-state index contributed by atoms with van der Waals surface area (Å²) in [7, 11) is 5.38. The molecule has 1 amide bonds. The lowest BCUT2D eigenvalue weighted by Gasteiger charge is -2.18. The van der Waals surface area contributed by atoms with Crippen LogP contribution in [0.25, 0.3) is 0 Å². The van der Waals surface area contributed by atoms with Gasteiger partial charge in [0.2, 0.25) is 5.91 Å². The molecule has 1 aromatic rings. The van der Waals surface area contributed by atoms with Gasteiger partial charge >= 0.3 is 0 Å². The second kappa shape index (κ2) is 7.79. The zero-order valence-corrected chi connectivity index (χ0v) is 12.3. The van der Waals surface area contributed by atoms with E-state index in [1.165, 1.54) is 5.56 Å². The number of nitrogens with one attached hydrogen (secondary N) is 1. The second-order valence-electron chi connectivity index (χ2n) is 4.73. The molecule has 1 rings (SSSR count). The van der Waals surface area contributed by atoms with Crippen LogP contribution in [-0.4, -0.2) is 45.1 Å². The maximum Gasteiger partial charge on any atom is 0.223 e. The van der Waals surface area contributed by atoms with Crippen LogP contribution in [0.3, 0.4) is 0 Å². The minimum absolute atomic E-state index is 0.168. The van der Waals surface area contributed by atoms with Gasteiger partial charge in [0.25, 0.3) is 0 Å². The molecule has 0 fully saturated rings. The van der Waals surface area contributed by atoms with Gasteiger partial charge in [-0.2, -0.15) is 0 Å². The lowest BCUT2D eigenvalue weighted by molar-refractivity contribution is -0.129. The molecule has 0 radical (unpaired) electrons.